The standard InChI is InChI=1S/C15H21NO2/c1-11(2)12-6-8-13(9-7-12)14(5-4-10-17)15(18)16-3/h6-11,14H,4-5H2,1-3H3,(H,16,18). The highest BCUT2D eigenvalue weighted by atomic mass is 16.1. The number of aldehydes is 1. The smallest absolute Gasteiger partial charge is 0.227 e. The number of likely N-dealkylation sites (N-methyl/N-ethyl adjacent to an activating group) is 1. The molecule has 18 heavy (non-hydrogen) atoms. The van der Waals surface area contributed by atoms with Gasteiger partial charge in [-0.05, 0) is 23.5 Å². The molecule has 1 aromatic rings. The fourth-order valence-electron chi connectivity index (χ4n) is 1.97. The molecule has 0 aliphatic rings. The minimum atomic E-state index is -0.235. The summed E-state index contributed by atoms with van der Waals surface area (Å²) in [5, 5.41) is 2.65. The Balaban J connectivity index is 2.90. The van der Waals surface area contributed by atoms with Gasteiger partial charge in [-0.3, -0.25) is 4.79 Å². The van der Waals surface area contributed by atoms with Crippen molar-refractivity contribution in [2.75, 3.05) is 7.05 Å². The number of benzene rings is 1. The van der Waals surface area contributed by atoms with Gasteiger partial charge in [-0.15, -0.1) is 0 Å². The topological polar surface area (TPSA) is 46.2 Å². The first kappa shape index (κ1) is 14.4. The third-order valence-corrected chi connectivity index (χ3v) is 3.14. The third-order valence-electron chi connectivity index (χ3n) is 3.14. The van der Waals surface area contributed by atoms with Gasteiger partial charge in [-0.2, -0.15) is 0 Å². The molecule has 0 radical (unpaired) electrons. The minimum absolute atomic E-state index is 0.0332. The maximum atomic E-state index is 11.8. The Bertz CT molecular complexity index is 395. The molecule has 3 heteroatoms. The lowest BCUT2D eigenvalue weighted by Gasteiger charge is -2.15. The third kappa shape index (κ3) is 3.69. The van der Waals surface area contributed by atoms with E-state index in [0.717, 1.165) is 11.8 Å². The van der Waals surface area contributed by atoms with Gasteiger partial charge in [0.25, 0.3) is 0 Å². The highest BCUT2D eigenvalue weighted by Gasteiger charge is 2.18. The van der Waals surface area contributed by atoms with Crippen molar-refractivity contribution in [2.24, 2.45) is 0 Å². The van der Waals surface area contributed by atoms with Crippen LogP contribution in [0.25, 0.3) is 0 Å². The van der Waals surface area contributed by atoms with Crippen molar-refractivity contribution < 1.29 is 9.59 Å². The number of amides is 1. The van der Waals surface area contributed by atoms with Gasteiger partial charge in [0.15, 0.2) is 0 Å². The highest BCUT2D eigenvalue weighted by Crippen LogP contribution is 2.23. The Morgan fingerprint density at radius 2 is 1.78 bits per heavy atom. The lowest BCUT2D eigenvalue weighted by atomic mass is 9.91. The molecule has 0 spiro atoms. The molecule has 0 saturated carbocycles. The summed E-state index contributed by atoms with van der Waals surface area (Å²) in [6.45, 7) is 4.27. The van der Waals surface area contributed by atoms with Crippen molar-refractivity contribution in [3.05, 3.63) is 35.4 Å². The van der Waals surface area contributed by atoms with Crippen LogP contribution in [0.3, 0.4) is 0 Å². The quantitative estimate of drug-likeness (QED) is 0.785. The maximum Gasteiger partial charge on any atom is 0.227 e. The monoisotopic (exact) mass is 247 g/mol. The molecule has 3 nitrogen and oxygen atoms in total. The predicted octanol–water partition coefficient (Wildman–Crippen LogP) is 2.62. The maximum absolute atomic E-state index is 11.8. The summed E-state index contributed by atoms with van der Waals surface area (Å²) in [5.41, 5.74) is 2.23. The lowest BCUT2D eigenvalue weighted by molar-refractivity contribution is -0.122. The summed E-state index contributed by atoms with van der Waals surface area (Å²) >= 11 is 0. The number of carbonyl (C=O) groups is 2. The van der Waals surface area contributed by atoms with Crippen LogP contribution < -0.4 is 5.32 Å². The van der Waals surface area contributed by atoms with Crippen molar-refractivity contribution in [1.82, 2.24) is 5.32 Å². The molecule has 1 atom stereocenters. The van der Waals surface area contributed by atoms with E-state index in [1.807, 2.05) is 12.1 Å². The number of carbonyl (C=O) groups excluding carboxylic acids is 2. The van der Waals surface area contributed by atoms with Gasteiger partial charge in [0.1, 0.15) is 6.29 Å². The van der Waals surface area contributed by atoms with Crippen molar-refractivity contribution in [2.45, 2.75) is 38.5 Å². The van der Waals surface area contributed by atoms with Crippen LogP contribution in [0.2, 0.25) is 0 Å². The fraction of sp³-hybridized carbons (Fsp3) is 0.467. The van der Waals surface area contributed by atoms with E-state index in [-0.39, 0.29) is 11.8 Å². The zero-order valence-corrected chi connectivity index (χ0v) is 11.3. The van der Waals surface area contributed by atoms with Gasteiger partial charge >= 0.3 is 0 Å². The molecule has 0 heterocycles. The van der Waals surface area contributed by atoms with E-state index in [1.165, 1.54) is 5.56 Å². The van der Waals surface area contributed by atoms with Crippen LogP contribution in [-0.4, -0.2) is 19.2 Å². The average molecular weight is 247 g/mol. The molecule has 0 aliphatic carbocycles. The molecule has 0 aliphatic heterocycles. The van der Waals surface area contributed by atoms with Crippen molar-refractivity contribution in [3.8, 4) is 0 Å². The summed E-state index contributed by atoms with van der Waals surface area (Å²) in [6, 6.07) is 8.08. The molecule has 0 fully saturated rings. The van der Waals surface area contributed by atoms with Gasteiger partial charge in [0.2, 0.25) is 5.91 Å². The van der Waals surface area contributed by atoms with Gasteiger partial charge in [0, 0.05) is 13.5 Å². The molecule has 1 aromatic carbocycles. The van der Waals surface area contributed by atoms with Crippen LogP contribution in [0.4, 0.5) is 0 Å². The van der Waals surface area contributed by atoms with Crippen LogP contribution in [0.5, 0.6) is 0 Å². The zero-order chi connectivity index (χ0) is 13.5. The van der Waals surface area contributed by atoms with E-state index < -0.39 is 0 Å². The van der Waals surface area contributed by atoms with Crippen LogP contribution in [-0.2, 0) is 9.59 Å². The first-order valence-electron chi connectivity index (χ1n) is 6.35. The van der Waals surface area contributed by atoms with Crippen molar-refractivity contribution in [1.29, 1.82) is 0 Å². The van der Waals surface area contributed by atoms with E-state index in [4.69, 9.17) is 0 Å². The Morgan fingerprint density at radius 1 is 1.22 bits per heavy atom. The molecule has 0 aromatic heterocycles. The molecule has 0 saturated heterocycles. The van der Waals surface area contributed by atoms with Crippen LogP contribution in [0.15, 0.2) is 24.3 Å². The molecule has 1 unspecified atom stereocenters. The number of nitrogens with one attached hydrogen (secondary N) is 1. The lowest BCUT2D eigenvalue weighted by Crippen LogP contribution is -2.25. The van der Waals surface area contributed by atoms with Gasteiger partial charge in [-0.25, -0.2) is 0 Å². The first-order chi connectivity index (χ1) is 8.60. The first-order valence-corrected chi connectivity index (χ1v) is 6.35. The summed E-state index contributed by atoms with van der Waals surface area (Å²) in [5.74, 6) is 0.211. The molecular formula is C15H21NO2. The van der Waals surface area contributed by atoms with E-state index in [1.54, 1.807) is 7.05 Å². The second-order valence-corrected chi connectivity index (χ2v) is 4.73. The zero-order valence-electron chi connectivity index (χ0n) is 11.3. The second-order valence-electron chi connectivity index (χ2n) is 4.73. The summed E-state index contributed by atoms with van der Waals surface area (Å²) in [4.78, 5) is 22.3. The highest BCUT2D eigenvalue weighted by molar-refractivity contribution is 5.83. The van der Waals surface area contributed by atoms with Crippen LogP contribution in [0, 0.1) is 0 Å². The summed E-state index contributed by atoms with van der Waals surface area (Å²) < 4.78 is 0. The second kappa shape index (κ2) is 6.94. The molecular weight excluding hydrogens is 226 g/mol. The Labute approximate surface area is 109 Å². The summed E-state index contributed by atoms with van der Waals surface area (Å²) in [6.07, 6.45) is 1.83. The van der Waals surface area contributed by atoms with E-state index in [9.17, 15) is 9.59 Å². The number of rotatable bonds is 6. The largest absolute Gasteiger partial charge is 0.359 e. The predicted molar refractivity (Wildman–Crippen MR) is 72.6 cm³/mol. The minimum Gasteiger partial charge on any atom is -0.359 e. The molecule has 98 valence electrons. The van der Waals surface area contributed by atoms with E-state index >= 15 is 0 Å². The Kier molecular flexibility index (Phi) is 5.56. The van der Waals surface area contributed by atoms with Gasteiger partial charge in [-0.1, -0.05) is 38.1 Å². The summed E-state index contributed by atoms with van der Waals surface area (Å²) in [7, 11) is 1.62. The van der Waals surface area contributed by atoms with Gasteiger partial charge in [0.05, 0.1) is 5.92 Å². The number of hydrogen-bond donors (Lipinski definition) is 1. The number of hydrogen-bond acceptors (Lipinski definition) is 2. The average Bonchev–Trinajstić information content (AvgIpc) is 2.39. The van der Waals surface area contributed by atoms with Crippen LogP contribution in [0.1, 0.15) is 49.7 Å². The molecule has 0 bridgehead atoms. The molecule has 1 N–H and O–H groups in total. The van der Waals surface area contributed by atoms with E-state index in [0.29, 0.717) is 18.8 Å². The van der Waals surface area contributed by atoms with Crippen molar-refractivity contribution >= 4 is 12.2 Å². The Morgan fingerprint density at radius 3 is 2.22 bits per heavy atom. The normalized spacial score (nSPS) is 12.2. The van der Waals surface area contributed by atoms with E-state index in [2.05, 4.69) is 31.3 Å². The molecule has 1 amide bonds. The Hall–Kier alpha value is -1.64. The molecule has 1 rings (SSSR count). The van der Waals surface area contributed by atoms with Crippen molar-refractivity contribution in [3.63, 3.8) is 0 Å². The fourth-order valence-corrected chi connectivity index (χ4v) is 1.97. The van der Waals surface area contributed by atoms with Gasteiger partial charge < -0.3 is 10.1 Å². The van der Waals surface area contributed by atoms with Crippen LogP contribution >= 0.6 is 0 Å². The SMILES string of the molecule is CNC(=O)C(CCC=O)c1ccc(C(C)C)cc1.